The zero-order valence-electron chi connectivity index (χ0n) is 18.2. The quantitative estimate of drug-likeness (QED) is 0.605. The van der Waals surface area contributed by atoms with Crippen molar-refractivity contribution in [2.24, 2.45) is 0 Å². The molecule has 2 heterocycles. The van der Waals surface area contributed by atoms with Crippen LogP contribution in [0.2, 0.25) is 0 Å². The number of hydrogen-bond acceptors (Lipinski definition) is 7. The average Bonchev–Trinajstić information content (AvgIpc) is 3.23. The monoisotopic (exact) mass is 487 g/mol. The summed E-state index contributed by atoms with van der Waals surface area (Å²) in [4.78, 5) is 37.5. The summed E-state index contributed by atoms with van der Waals surface area (Å²) in [6.45, 7) is 4.44. The van der Waals surface area contributed by atoms with Crippen molar-refractivity contribution >= 4 is 40.8 Å². The highest BCUT2D eigenvalue weighted by Crippen LogP contribution is 2.38. The van der Waals surface area contributed by atoms with Crippen molar-refractivity contribution in [2.45, 2.75) is 45.0 Å². The van der Waals surface area contributed by atoms with Gasteiger partial charge in [-0.25, -0.2) is 4.79 Å². The van der Waals surface area contributed by atoms with Gasteiger partial charge in [0.25, 0.3) is 11.1 Å². The molecule has 1 aromatic carbocycles. The summed E-state index contributed by atoms with van der Waals surface area (Å²) in [5, 5.41) is 4.38. The number of alkyl halides is 3. The molecule has 8 nitrogen and oxygen atoms in total. The molecule has 2 N–H and O–H groups in total. The van der Waals surface area contributed by atoms with Crippen LogP contribution in [0, 0.1) is 0 Å². The predicted molar refractivity (Wildman–Crippen MR) is 117 cm³/mol. The zero-order chi connectivity index (χ0) is 24.4. The molecule has 3 rings (SSSR count). The Balaban J connectivity index is 1.86. The van der Waals surface area contributed by atoms with Gasteiger partial charge in [0.1, 0.15) is 11.4 Å². The molecule has 33 heavy (non-hydrogen) atoms. The Morgan fingerprint density at radius 3 is 2.64 bits per heavy atom. The van der Waals surface area contributed by atoms with Crippen molar-refractivity contribution in [3.05, 3.63) is 28.7 Å². The number of nitrogens with zero attached hydrogens (tertiary/aromatic N) is 1. The van der Waals surface area contributed by atoms with E-state index in [9.17, 15) is 27.6 Å². The molecule has 1 unspecified atom stereocenters. The molecule has 1 aromatic rings. The molecule has 0 spiro atoms. The van der Waals surface area contributed by atoms with Crippen molar-refractivity contribution in [1.29, 1.82) is 0 Å². The topological polar surface area (TPSA) is 97.0 Å². The molecule has 2 saturated heterocycles. The standard InChI is InChI=1S/C21H24F3N3O5S/c1-20(2,3)32-18(29)25-13-7-8-27(10-13)16-12(9-15-17(28)26-19(30)33-15)5-4-6-14(16)31-11-21(22,23)24/h4-6,9,13H,7-8,10-11H2,1-3H3,(H,25,29)(H,26,28,30). The third kappa shape index (κ3) is 7.04. The smallest absolute Gasteiger partial charge is 0.422 e. The fraction of sp³-hybridized carbons (Fsp3) is 0.476. The van der Waals surface area contributed by atoms with Crippen LogP contribution in [-0.2, 0) is 9.53 Å². The molecule has 180 valence electrons. The van der Waals surface area contributed by atoms with Crippen molar-refractivity contribution in [2.75, 3.05) is 24.6 Å². The van der Waals surface area contributed by atoms with E-state index in [-0.39, 0.29) is 16.7 Å². The first kappa shape index (κ1) is 24.7. The van der Waals surface area contributed by atoms with Gasteiger partial charge in [-0.2, -0.15) is 13.2 Å². The number of amides is 3. The lowest BCUT2D eigenvalue weighted by molar-refractivity contribution is -0.153. The number of imide groups is 1. The van der Waals surface area contributed by atoms with Crippen LogP contribution < -0.4 is 20.3 Å². The number of halogens is 3. The van der Waals surface area contributed by atoms with Crippen molar-refractivity contribution in [1.82, 2.24) is 10.6 Å². The molecule has 3 amide bonds. The van der Waals surface area contributed by atoms with Crippen LogP contribution in [0.3, 0.4) is 0 Å². The summed E-state index contributed by atoms with van der Waals surface area (Å²) < 4.78 is 48.8. The van der Waals surface area contributed by atoms with Gasteiger partial charge in [0, 0.05) is 18.7 Å². The number of benzene rings is 1. The summed E-state index contributed by atoms with van der Waals surface area (Å²) in [5.41, 5.74) is 0.0897. The molecular formula is C21H24F3N3O5S. The Morgan fingerprint density at radius 2 is 2.03 bits per heavy atom. The number of nitrogens with one attached hydrogen (secondary N) is 2. The fourth-order valence-electron chi connectivity index (χ4n) is 3.39. The van der Waals surface area contributed by atoms with E-state index < -0.39 is 35.6 Å². The Hall–Kier alpha value is -2.89. The molecule has 2 fully saturated rings. The fourth-order valence-corrected chi connectivity index (χ4v) is 4.06. The van der Waals surface area contributed by atoms with Gasteiger partial charge >= 0.3 is 12.3 Å². The van der Waals surface area contributed by atoms with Crippen molar-refractivity contribution < 1.29 is 37.0 Å². The maximum Gasteiger partial charge on any atom is 0.422 e. The molecule has 2 aliphatic rings. The number of carbonyl (C=O) groups excluding carboxylic acids is 3. The van der Waals surface area contributed by atoms with Crippen molar-refractivity contribution in [3.63, 3.8) is 0 Å². The lowest BCUT2D eigenvalue weighted by atomic mass is 10.1. The minimum atomic E-state index is -4.54. The van der Waals surface area contributed by atoms with Crippen LogP contribution in [0.15, 0.2) is 23.1 Å². The summed E-state index contributed by atoms with van der Waals surface area (Å²) in [5.74, 6) is -0.599. The van der Waals surface area contributed by atoms with E-state index in [4.69, 9.17) is 9.47 Å². The first-order valence-electron chi connectivity index (χ1n) is 10.1. The number of anilines is 1. The molecule has 0 radical (unpaired) electrons. The first-order valence-corrected chi connectivity index (χ1v) is 10.9. The number of ether oxygens (including phenoxy) is 2. The van der Waals surface area contributed by atoms with Gasteiger partial charge < -0.3 is 19.7 Å². The summed E-state index contributed by atoms with van der Waals surface area (Å²) >= 11 is 0.706. The van der Waals surface area contributed by atoms with Gasteiger partial charge in [-0.15, -0.1) is 0 Å². The van der Waals surface area contributed by atoms with Gasteiger partial charge in [-0.05, 0) is 51.1 Å². The second-order valence-corrected chi connectivity index (χ2v) is 9.54. The number of hydrogen-bond donors (Lipinski definition) is 2. The maximum absolute atomic E-state index is 12.8. The Kier molecular flexibility index (Phi) is 7.15. The number of rotatable bonds is 5. The van der Waals surface area contributed by atoms with Crippen molar-refractivity contribution in [3.8, 4) is 5.75 Å². The Morgan fingerprint density at radius 1 is 1.30 bits per heavy atom. The van der Waals surface area contributed by atoms with Gasteiger partial charge in [-0.1, -0.05) is 12.1 Å². The highest BCUT2D eigenvalue weighted by atomic mass is 32.2. The van der Waals surface area contributed by atoms with Gasteiger partial charge in [-0.3, -0.25) is 14.9 Å². The van der Waals surface area contributed by atoms with E-state index in [0.29, 0.717) is 42.5 Å². The van der Waals surface area contributed by atoms with E-state index in [0.717, 1.165) is 0 Å². The Labute approximate surface area is 192 Å². The second-order valence-electron chi connectivity index (χ2n) is 8.53. The molecule has 0 aliphatic carbocycles. The van der Waals surface area contributed by atoms with E-state index >= 15 is 0 Å². The summed E-state index contributed by atoms with van der Waals surface area (Å²) in [6, 6.07) is 4.23. The minimum Gasteiger partial charge on any atom is -0.482 e. The average molecular weight is 488 g/mol. The second kappa shape index (κ2) is 9.54. The molecule has 12 heteroatoms. The largest absolute Gasteiger partial charge is 0.482 e. The molecular weight excluding hydrogens is 463 g/mol. The third-order valence-corrected chi connectivity index (χ3v) is 5.39. The Bertz CT molecular complexity index is 975. The first-order chi connectivity index (χ1) is 15.3. The van der Waals surface area contributed by atoms with Crippen LogP contribution in [-0.4, -0.2) is 54.8 Å². The van der Waals surface area contributed by atoms with Crippen LogP contribution >= 0.6 is 11.8 Å². The lowest BCUT2D eigenvalue weighted by Gasteiger charge is -2.25. The molecule has 0 bridgehead atoms. The molecule has 0 saturated carbocycles. The minimum absolute atomic E-state index is 0.0191. The van der Waals surface area contributed by atoms with Gasteiger partial charge in [0.05, 0.1) is 16.6 Å². The van der Waals surface area contributed by atoms with Crippen LogP contribution in [0.25, 0.3) is 6.08 Å². The normalized spacial score (nSPS) is 20.2. The summed E-state index contributed by atoms with van der Waals surface area (Å²) in [6.07, 6.45) is -3.16. The highest BCUT2D eigenvalue weighted by molar-refractivity contribution is 8.18. The number of carbonyl (C=O) groups is 3. The lowest BCUT2D eigenvalue weighted by Crippen LogP contribution is -2.40. The molecule has 1 atom stereocenters. The zero-order valence-corrected chi connectivity index (χ0v) is 19.1. The molecule has 2 aliphatic heterocycles. The van der Waals surface area contributed by atoms with E-state index in [2.05, 4.69) is 10.6 Å². The van der Waals surface area contributed by atoms with E-state index in [1.165, 1.54) is 18.2 Å². The van der Waals surface area contributed by atoms with E-state index in [1.807, 2.05) is 0 Å². The van der Waals surface area contributed by atoms with Gasteiger partial charge in [0.15, 0.2) is 6.61 Å². The third-order valence-electron chi connectivity index (χ3n) is 4.58. The summed E-state index contributed by atoms with van der Waals surface area (Å²) in [7, 11) is 0. The predicted octanol–water partition coefficient (Wildman–Crippen LogP) is 4.06. The number of thioether (sulfide) groups is 1. The number of alkyl carbamates (subject to hydrolysis) is 1. The van der Waals surface area contributed by atoms with Crippen LogP contribution in [0.4, 0.5) is 28.4 Å². The van der Waals surface area contributed by atoms with E-state index in [1.54, 1.807) is 31.7 Å². The maximum atomic E-state index is 12.8. The molecule has 0 aromatic heterocycles. The van der Waals surface area contributed by atoms with Crippen LogP contribution in [0.1, 0.15) is 32.8 Å². The number of para-hydroxylation sites is 1. The van der Waals surface area contributed by atoms with Crippen LogP contribution in [0.5, 0.6) is 5.75 Å². The van der Waals surface area contributed by atoms with Gasteiger partial charge in [0.2, 0.25) is 0 Å². The SMILES string of the molecule is CC(C)(C)OC(=O)NC1CCN(c2c(C=C3SC(=O)NC3=O)cccc2OCC(F)(F)F)C1. The highest BCUT2D eigenvalue weighted by Gasteiger charge is 2.33.